The summed E-state index contributed by atoms with van der Waals surface area (Å²) in [6.07, 6.45) is 3.98. The van der Waals surface area contributed by atoms with Crippen LogP contribution in [0.3, 0.4) is 0 Å². The van der Waals surface area contributed by atoms with E-state index < -0.39 is 0 Å². The summed E-state index contributed by atoms with van der Waals surface area (Å²) in [5, 5.41) is 0. The number of hydrogen-bond donors (Lipinski definition) is 0. The fraction of sp³-hybridized carbons (Fsp3) is 0.417. The molecule has 148 valence electrons. The van der Waals surface area contributed by atoms with Gasteiger partial charge in [-0.15, -0.1) is 0 Å². The van der Waals surface area contributed by atoms with Gasteiger partial charge in [0.15, 0.2) is 0 Å². The van der Waals surface area contributed by atoms with Gasteiger partial charge in [-0.25, -0.2) is 9.59 Å². The van der Waals surface area contributed by atoms with Crippen LogP contribution in [0.15, 0.2) is 48.5 Å². The lowest BCUT2D eigenvalue weighted by atomic mass is 9.83. The minimum Gasteiger partial charge on any atom is -0.462 e. The maximum atomic E-state index is 12.2. The van der Waals surface area contributed by atoms with E-state index in [0.29, 0.717) is 36.2 Å². The third-order valence-corrected chi connectivity index (χ3v) is 5.37. The quantitative estimate of drug-likeness (QED) is 0.653. The van der Waals surface area contributed by atoms with Gasteiger partial charge in [-0.2, -0.15) is 0 Å². The topological polar surface area (TPSA) is 52.6 Å². The van der Waals surface area contributed by atoms with Crippen LogP contribution in [-0.2, 0) is 9.47 Å². The second kappa shape index (κ2) is 9.54. The Morgan fingerprint density at radius 3 is 1.50 bits per heavy atom. The molecule has 0 amide bonds. The standard InChI is InChI=1S/C24H28O4/c1-17-5-3-7-21(13-17)23(25)27-15-19-9-11-20(12-10-19)16-28-24(26)22-8-4-6-18(2)14-22/h3-8,13-14,19-20H,9-12,15-16H2,1-2H3. The summed E-state index contributed by atoms with van der Waals surface area (Å²) in [5.41, 5.74) is 3.32. The van der Waals surface area contributed by atoms with Crippen molar-refractivity contribution in [3.8, 4) is 0 Å². The summed E-state index contributed by atoms with van der Waals surface area (Å²) in [6, 6.07) is 14.9. The number of ether oxygens (including phenoxy) is 2. The predicted octanol–water partition coefficient (Wildman–Crippen LogP) is 5.12. The minimum atomic E-state index is -0.252. The highest BCUT2D eigenvalue weighted by Crippen LogP contribution is 2.29. The zero-order chi connectivity index (χ0) is 19.9. The van der Waals surface area contributed by atoms with Crippen LogP contribution in [-0.4, -0.2) is 25.2 Å². The number of carbonyl (C=O) groups excluding carboxylic acids is 2. The van der Waals surface area contributed by atoms with Crippen LogP contribution in [0, 0.1) is 25.7 Å². The van der Waals surface area contributed by atoms with Crippen LogP contribution < -0.4 is 0 Å². The first-order chi connectivity index (χ1) is 13.5. The van der Waals surface area contributed by atoms with Crippen molar-refractivity contribution in [1.82, 2.24) is 0 Å². The Bertz CT molecular complexity index is 749. The molecule has 28 heavy (non-hydrogen) atoms. The van der Waals surface area contributed by atoms with E-state index in [1.807, 2.05) is 50.2 Å². The molecule has 0 unspecified atom stereocenters. The molecule has 0 radical (unpaired) electrons. The molecule has 2 aromatic carbocycles. The molecular weight excluding hydrogens is 352 g/mol. The number of rotatable bonds is 6. The van der Waals surface area contributed by atoms with Crippen molar-refractivity contribution in [1.29, 1.82) is 0 Å². The number of carbonyl (C=O) groups is 2. The van der Waals surface area contributed by atoms with Gasteiger partial charge in [-0.3, -0.25) is 0 Å². The highest BCUT2D eigenvalue weighted by Gasteiger charge is 2.24. The van der Waals surface area contributed by atoms with Gasteiger partial charge in [0.1, 0.15) is 0 Å². The molecular formula is C24H28O4. The number of hydrogen-bond acceptors (Lipinski definition) is 4. The zero-order valence-corrected chi connectivity index (χ0v) is 16.6. The molecule has 0 spiro atoms. The van der Waals surface area contributed by atoms with Crippen LogP contribution in [0.1, 0.15) is 57.5 Å². The normalized spacial score (nSPS) is 19.1. The summed E-state index contributed by atoms with van der Waals surface area (Å²) in [7, 11) is 0. The van der Waals surface area contributed by atoms with Crippen molar-refractivity contribution in [3.05, 3.63) is 70.8 Å². The zero-order valence-electron chi connectivity index (χ0n) is 16.6. The largest absolute Gasteiger partial charge is 0.462 e. The molecule has 4 heteroatoms. The summed E-state index contributed by atoms with van der Waals surface area (Å²) < 4.78 is 11.0. The van der Waals surface area contributed by atoms with Crippen molar-refractivity contribution in [2.75, 3.05) is 13.2 Å². The molecule has 0 aromatic heterocycles. The molecule has 1 fully saturated rings. The second-order valence-corrected chi connectivity index (χ2v) is 7.82. The van der Waals surface area contributed by atoms with Crippen LogP contribution in [0.4, 0.5) is 0 Å². The van der Waals surface area contributed by atoms with Crippen LogP contribution >= 0.6 is 0 Å². The van der Waals surface area contributed by atoms with Gasteiger partial charge < -0.3 is 9.47 Å². The lowest BCUT2D eigenvalue weighted by Gasteiger charge is -2.27. The van der Waals surface area contributed by atoms with Gasteiger partial charge in [-0.05, 0) is 75.6 Å². The molecule has 2 aromatic rings. The van der Waals surface area contributed by atoms with Crippen molar-refractivity contribution in [3.63, 3.8) is 0 Å². The molecule has 1 aliphatic rings. The Labute approximate surface area is 166 Å². The van der Waals surface area contributed by atoms with E-state index >= 15 is 0 Å². The van der Waals surface area contributed by atoms with E-state index in [9.17, 15) is 9.59 Å². The van der Waals surface area contributed by atoms with E-state index in [2.05, 4.69) is 0 Å². The molecule has 0 saturated heterocycles. The maximum absolute atomic E-state index is 12.2. The van der Waals surface area contributed by atoms with E-state index in [-0.39, 0.29) is 11.9 Å². The lowest BCUT2D eigenvalue weighted by molar-refractivity contribution is 0.0297. The van der Waals surface area contributed by atoms with Crippen LogP contribution in [0.5, 0.6) is 0 Å². The van der Waals surface area contributed by atoms with E-state index in [1.165, 1.54) is 0 Å². The van der Waals surface area contributed by atoms with Gasteiger partial charge in [0.05, 0.1) is 24.3 Å². The van der Waals surface area contributed by atoms with Gasteiger partial charge >= 0.3 is 11.9 Å². The predicted molar refractivity (Wildman–Crippen MR) is 108 cm³/mol. The van der Waals surface area contributed by atoms with Crippen LogP contribution in [0.25, 0.3) is 0 Å². The summed E-state index contributed by atoms with van der Waals surface area (Å²) in [4.78, 5) is 24.3. The first kappa shape index (κ1) is 20.1. The van der Waals surface area contributed by atoms with E-state index in [4.69, 9.17) is 9.47 Å². The highest BCUT2D eigenvalue weighted by molar-refractivity contribution is 5.90. The van der Waals surface area contributed by atoms with Gasteiger partial charge in [0.2, 0.25) is 0 Å². The molecule has 0 atom stereocenters. The number of benzene rings is 2. The van der Waals surface area contributed by atoms with Gasteiger partial charge in [0, 0.05) is 0 Å². The summed E-state index contributed by atoms with van der Waals surface area (Å²) in [6.45, 7) is 4.85. The Morgan fingerprint density at radius 1 is 0.750 bits per heavy atom. The van der Waals surface area contributed by atoms with Gasteiger partial charge in [0.25, 0.3) is 0 Å². The highest BCUT2D eigenvalue weighted by atomic mass is 16.5. The molecule has 1 aliphatic carbocycles. The number of esters is 2. The first-order valence-corrected chi connectivity index (χ1v) is 9.99. The Kier molecular flexibility index (Phi) is 6.85. The third kappa shape index (κ3) is 5.69. The molecule has 4 nitrogen and oxygen atoms in total. The Morgan fingerprint density at radius 2 is 1.14 bits per heavy atom. The summed E-state index contributed by atoms with van der Waals surface area (Å²) >= 11 is 0. The van der Waals surface area contributed by atoms with Crippen molar-refractivity contribution in [2.24, 2.45) is 11.8 Å². The molecule has 1 saturated carbocycles. The lowest BCUT2D eigenvalue weighted by Crippen LogP contribution is -2.24. The molecule has 3 rings (SSSR count). The average molecular weight is 380 g/mol. The monoisotopic (exact) mass is 380 g/mol. The fourth-order valence-corrected chi connectivity index (χ4v) is 3.66. The van der Waals surface area contributed by atoms with Crippen molar-refractivity contribution in [2.45, 2.75) is 39.5 Å². The van der Waals surface area contributed by atoms with E-state index in [0.717, 1.165) is 36.8 Å². The summed E-state index contributed by atoms with van der Waals surface area (Å²) in [5.74, 6) is 0.269. The second-order valence-electron chi connectivity index (χ2n) is 7.82. The van der Waals surface area contributed by atoms with Gasteiger partial charge in [-0.1, -0.05) is 35.4 Å². The SMILES string of the molecule is Cc1cccc(C(=O)OCC2CCC(COC(=O)c3cccc(C)c3)CC2)c1. The fourth-order valence-electron chi connectivity index (χ4n) is 3.66. The minimum absolute atomic E-state index is 0.252. The van der Waals surface area contributed by atoms with Crippen LogP contribution in [0.2, 0.25) is 0 Å². The molecule has 0 bridgehead atoms. The first-order valence-electron chi connectivity index (χ1n) is 9.99. The Balaban J connectivity index is 1.37. The average Bonchev–Trinajstić information content (AvgIpc) is 2.71. The Hall–Kier alpha value is -2.62. The molecule has 0 heterocycles. The smallest absolute Gasteiger partial charge is 0.338 e. The van der Waals surface area contributed by atoms with Crippen molar-refractivity contribution >= 4 is 11.9 Å². The van der Waals surface area contributed by atoms with Crippen molar-refractivity contribution < 1.29 is 19.1 Å². The third-order valence-electron chi connectivity index (χ3n) is 5.37. The number of aryl methyl sites for hydroxylation is 2. The van der Waals surface area contributed by atoms with E-state index in [1.54, 1.807) is 12.1 Å². The maximum Gasteiger partial charge on any atom is 0.338 e. The molecule has 0 aliphatic heterocycles. The molecule has 0 N–H and O–H groups in total.